The molecule has 0 radical (unpaired) electrons. The minimum absolute atomic E-state index is 0.240. The molecule has 12 heteroatoms. The number of hydrogen-bond donors (Lipinski definition) is 2. The van der Waals surface area contributed by atoms with Crippen molar-refractivity contribution >= 4 is 37.3 Å². The molecule has 5 aliphatic rings. The van der Waals surface area contributed by atoms with Gasteiger partial charge in [0, 0.05) is 52.3 Å². The van der Waals surface area contributed by atoms with Crippen LogP contribution >= 0.6 is 0 Å². The Balaban J connectivity index is 1.24. The molecule has 10 nitrogen and oxygen atoms in total. The summed E-state index contributed by atoms with van der Waals surface area (Å²) in [7, 11) is -5.85. The molecule has 1 atom stereocenters. The summed E-state index contributed by atoms with van der Waals surface area (Å²) in [6.07, 6.45) is 15.1. The number of unbranched alkanes of at least 4 members (excludes halogenated alkanes) is 2. The third-order valence-electron chi connectivity index (χ3n) is 13.1. The molecule has 1 fully saturated rings. The summed E-state index contributed by atoms with van der Waals surface area (Å²) in [5.41, 5.74) is 14.0. The SMILES string of the molecule is Cc1ccc2c(c1)C(C)(C)C(=CC=C1CCC3CC/C(=C\C=C4\N(CCCCS(=O)(=O)O)c5ccc(C)cc5C4(C)C)C4=C3C1=[N+](C)CCO4)N2CCCCS(=O)(=O)O. The zero-order chi connectivity index (χ0) is 42.5. The van der Waals surface area contributed by atoms with E-state index in [2.05, 4.69) is 124 Å². The van der Waals surface area contributed by atoms with Crippen molar-refractivity contribution in [2.45, 2.75) is 104 Å². The number of ether oxygens (including phenoxy) is 1. The van der Waals surface area contributed by atoms with Gasteiger partial charge in [-0.15, -0.1) is 0 Å². The number of anilines is 2. The average Bonchev–Trinajstić information content (AvgIpc) is 3.38. The Morgan fingerprint density at radius 2 is 1.20 bits per heavy atom. The van der Waals surface area contributed by atoms with Crippen LogP contribution in [-0.4, -0.2) is 81.0 Å². The van der Waals surface area contributed by atoms with Gasteiger partial charge < -0.3 is 14.5 Å². The predicted octanol–water partition coefficient (Wildman–Crippen LogP) is 8.73. The molecule has 0 saturated heterocycles. The van der Waals surface area contributed by atoms with Crippen LogP contribution in [0.1, 0.15) is 101 Å². The summed E-state index contributed by atoms with van der Waals surface area (Å²) in [4.78, 5) is 4.67. The van der Waals surface area contributed by atoms with Gasteiger partial charge in [0.15, 0.2) is 6.54 Å². The molecular formula is C47H62N3O7S2+. The Morgan fingerprint density at radius 3 is 1.69 bits per heavy atom. The highest BCUT2D eigenvalue weighted by Gasteiger charge is 2.43. The number of fused-ring (bicyclic) bond motifs is 2. The predicted molar refractivity (Wildman–Crippen MR) is 238 cm³/mol. The van der Waals surface area contributed by atoms with Gasteiger partial charge in [-0.2, -0.15) is 16.8 Å². The standard InChI is InChI=1S/C47H61N3O7S2/c1-32-12-20-39-37(30-32)46(3,4)41(49(39)24-8-10-28-58(51,52)53)22-18-35-16-14-34-15-17-36(45-43(34)44(35)48(7)26-27-57-45)19-23-42-47(5,6)38-31-33(2)13-21-40(38)50(42)25-9-11-29-59(54,55)56/h12-13,18-23,30-31,34H,8-11,14-17,24-29H2,1-7H3,(H-,51,52,53,54,55,56)/p+1. The molecule has 3 heterocycles. The normalized spacial score (nSPS) is 23.9. The Labute approximate surface area is 352 Å². The lowest BCUT2D eigenvalue weighted by Gasteiger charge is -2.33. The second-order valence-electron chi connectivity index (χ2n) is 18.2. The first-order valence-corrected chi connectivity index (χ1v) is 24.4. The Hall–Kier alpha value is -3.97. The molecule has 1 unspecified atom stereocenters. The van der Waals surface area contributed by atoms with Crippen molar-refractivity contribution in [3.05, 3.63) is 117 Å². The van der Waals surface area contributed by atoms with Crippen LogP contribution in [0.4, 0.5) is 11.4 Å². The summed E-state index contributed by atoms with van der Waals surface area (Å²) < 4.78 is 73.8. The van der Waals surface area contributed by atoms with Crippen LogP contribution in [0.2, 0.25) is 0 Å². The van der Waals surface area contributed by atoms with E-state index in [9.17, 15) is 25.9 Å². The molecule has 3 aliphatic heterocycles. The quantitative estimate of drug-likeness (QED) is 0.123. The molecule has 2 N–H and O–H groups in total. The van der Waals surface area contributed by atoms with Gasteiger partial charge in [-0.25, -0.2) is 4.58 Å². The largest absolute Gasteiger partial charge is 0.486 e. The van der Waals surface area contributed by atoms with E-state index in [0.717, 1.165) is 55.1 Å². The Morgan fingerprint density at radius 1 is 0.729 bits per heavy atom. The van der Waals surface area contributed by atoms with E-state index in [1.54, 1.807) is 0 Å². The van der Waals surface area contributed by atoms with Crippen LogP contribution in [-0.2, 0) is 35.8 Å². The van der Waals surface area contributed by atoms with Crippen LogP contribution < -0.4 is 9.80 Å². The molecule has 0 spiro atoms. The highest BCUT2D eigenvalue weighted by atomic mass is 32.2. The van der Waals surface area contributed by atoms with Crippen LogP contribution in [0.15, 0.2) is 94.6 Å². The van der Waals surface area contributed by atoms with Gasteiger partial charge in [-0.1, -0.05) is 75.2 Å². The lowest BCUT2D eigenvalue weighted by molar-refractivity contribution is -0.498. The van der Waals surface area contributed by atoms with Crippen molar-refractivity contribution in [3.63, 3.8) is 0 Å². The molecule has 0 bridgehead atoms. The van der Waals surface area contributed by atoms with Gasteiger partial charge in [0.1, 0.15) is 19.4 Å². The van der Waals surface area contributed by atoms with Crippen LogP contribution in [0.25, 0.3) is 0 Å². The van der Waals surface area contributed by atoms with E-state index in [0.29, 0.717) is 51.3 Å². The zero-order valence-corrected chi connectivity index (χ0v) is 37.5. The molecule has 0 aromatic heterocycles. The first-order chi connectivity index (χ1) is 27.8. The Kier molecular flexibility index (Phi) is 12.0. The number of rotatable bonds is 12. The fourth-order valence-corrected chi connectivity index (χ4v) is 11.2. The van der Waals surface area contributed by atoms with E-state index in [4.69, 9.17) is 4.74 Å². The average molecular weight is 845 g/mol. The smallest absolute Gasteiger partial charge is 0.264 e. The van der Waals surface area contributed by atoms with E-state index in [-0.39, 0.29) is 22.3 Å². The first kappa shape index (κ1) is 43.1. The molecule has 1 saturated carbocycles. The van der Waals surface area contributed by atoms with Gasteiger partial charge in [-0.05, 0) is 112 Å². The Bertz CT molecular complexity index is 2430. The fraction of sp³-hybridized carbons (Fsp3) is 0.511. The van der Waals surface area contributed by atoms with Crippen molar-refractivity contribution in [3.8, 4) is 0 Å². The third-order valence-corrected chi connectivity index (χ3v) is 14.7. The van der Waals surface area contributed by atoms with E-state index < -0.39 is 20.2 Å². The second kappa shape index (κ2) is 16.5. The second-order valence-corrected chi connectivity index (χ2v) is 21.3. The summed E-state index contributed by atoms with van der Waals surface area (Å²) in [6.45, 7) is 15.9. The van der Waals surface area contributed by atoms with Crippen molar-refractivity contribution in [2.24, 2.45) is 5.92 Å². The van der Waals surface area contributed by atoms with Gasteiger partial charge in [0.25, 0.3) is 20.2 Å². The lowest BCUT2D eigenvalue weighted by Crippen LogP contribution is -2.32. The molecular weight excluding hydrogens is 783 g/mol. The molecule has 318 valence electrons. The van der Waals surface area contributed by atoms with Crippen molar-refractivity contribution in [1.29, 1.82) is 0 Å². The van der Waals surface area contributed by atoms with E-state index in [1.807, 2.05) is 0 Å². The fourth-order valence-electron chi connectivity index (χ4n) is 10.0. The molecule has 7 rings (SSSR count). The molecule has 59 heavy (non-hydrogen) atoms. The van der Waals surface area contributed by atoms with Gasteiger partial charge >= 0.3 is 0 Å². The number of aryl methyl sites for hydroxylation is 2. The number of hydrogen-bond acceptors (Lipinski definition) is 7. The highest BCUT2D eigenvalue weighted by Crippen LogP contribution is 2.50. The van der Waals surface area contributed by atoms with Crippen molar-refractivity contribution in [2.75, 3.05) is 54.6 Å². The molecule has 0 amide bonds. The maximum absolute atomic E-state index is 11.5. The maximum Gasteiger partial charge on any atom is 0.264 e. The van der Waals surface area contributed by atoms with Gasteiger partial charge in [0.05, 0.1) is 17.1 Å². The number of likely N-dealkylation sites (N-methyl/N-ethyl adjacent to an activating group) is 1. The summed E-state index contributed by atoms with van der Waals surface area (Å²) in [6, 6.07) is 13.1. The molecule has 2 aliphatic carbocycles. The van der Waals surface area contributed by atoms with Crippen LogP contribution in [0.3, 0.4) is 0 Å². The summed E-state index contributed by atoms with van der Waals surface area (Å²) in [5.74, 6) is 0.923. The number of nitrogens with zero attached hydrogens (tertiary/aromatic N) is 3. The number of benzene rings is 2. The van der Waals surface area contributed by atoms with E-state index >= 15 is 0 Å². The first-order valence-electron chi connectivity index (χ1n) is 21.2. The summed E-state index contributed by atoms with van der Waals surface area (Å²) >= 11 is 0. The van der Waals surface area contributed by atoms with Crippen LogP contribution in [0, 0.1) is 19.8 Å². The highest BCUT2D eigenvalue weighted by molar-refractivity contribution is 7.86. The van der Waals surface area contributed by atoms with E-state index in [1.165, 1.54) is 50.4 Å². The van der Waals surface area contributed by atoms with Gasteiger partial charge in [0.2, 0.25) is 5.71 Å². The topological polar surface area (TPSA) is 127 Å². The van der Waals surface area contributed by atoms with Gasteiger partial charge in [-0.3, -0.25) is 9.11 Å². The number of allylic oxidation sites excluding steroid dienone is 9. The van der Waals surface area contributed by atoms with Crippen LogP contribution in [0.5, 0.6) is 0 Å². The van der Waals surface area contributed by atoms with Crippen molar-refractivity contribution < 1.29 is 35.3 Å². The third kappa shape index (κ3) is 8.92. The summed E-state index contributed by atoms with van der Waals surface area (Å²) in [5, 5.41) is 0. The lowest BCUT2D eigenvalue weighted by atomic mass is 9.72. The van der Waals surface area contributed by atoms with Crippen molar-refractivity contribution in [1.82, 2.24) is 0 Å². The molecule has 2 aromatic rings. The maximum atomic E-state index is 11.5. The monoisotopic (exact) mass is 844 g/mol. The molecule has 2 aromatic carbocycles. The zero-order valence-electron chi connectivity index (χ0n) is 35.8. The minimum Gasteiger partial charge on any atom is -0.486 e. The minimum atomic E-state index is -4.01.